The molecular weight excluding hydrogens is 386 g/mol. The van der Waals surface area contributed by atoms with Crippen molar-refractivity contribution in [1.82, 2.24) is 10.2 Å². The first-order valence-electron chi connectivity index (χ1n) is 12.2. The van der Waals surface area contributed by atoms with Gasteiger partial charge in [0.05, 0.1) is 0 Å². The first kappa shape index (κ1) is 19.7. The van der Waals surface area contributed by atoms with Crippen LogP contribution in [0.5, 0.6) is 0 Å². The van der Waals surface area contributed by atoms with Crippen LogP contribution in [-0.4, -0.2) is 48.9 Å². The summed E-state index contributed by atoms with van der Waals surface area (Å²) in [6, 6.07) is 7.94. The molecule has 164 valence electrons. The number of benzene rings is 1. The molecule has 0 radical (unpaired) electrons. The number of aliphatic imine (C=N–C) groups is 1. The van der Waals surface area contributed by atoms with Gasteiger partial charge in [0.2, 0.25) is 5.91 Å². The largest absolute Gasteiger partial charge is 0.381 e. The Balaban J connectivity index is 1.10. The van der Waals surface area contributed by atoms with Crippen LogP contribution in [0.2, 0.25) is 0 Å². The van der Waals surface area contributed by atoms with Crippen LogP contribution in [0.1, 0.15) is 55.2 Å². The van der Waals surface area contributed by atoms with E-state index in [1.807, 2.05) is 6.20 Å². The van der Waals surface area contributed by atoms with Gasteiger partial charge < -0.3 is 15.0 Å². The highest BCUT2D eigenvalue weighted by Crippen LogP contribution is 2.49. The van der Waals surface area contributed by atoms with Gasteiger partial charge in [0.25, 0.3) is 0 Å². The molecule has 2 saturated carbocycles. The van der Waals surface area contributed by atoms with Gasteiger partial charge in [-0.25, -0.2) is 0 Å². The number of hydrogen-bond donors (Lipinski definition) is 1. The van der Waals surface area contributed by atoms with Crippen LogP contribution >= 0.6 is 0 Å². The van der Waals surface area contributed by atoms with Gasteiger partial charge in [-0.3, -0.25) is 9.79 Å². The molecule has 1 aromatic carbocycles. The molecule has 31 heavy (non-hydrogen) atoms. The average Bonchev–Trinajstić information content (AvgIpc) is 3.48. The van der Waals surface area contributed by atoms with Crippen molar-refractivity contribution in [3.05, 3.63) is 41.1 Å². The number of nitrogens with one attached hydrogen (secondary N) is 1. The van der Waals surface area contributed by atoms with E-state index >= 15 is 0 Å². The molecule has 5 heteroatoms. The first-order chi connectivity index (χ1) is 15.2. The molecule has 0 spiro atoms. The summed E-state index contributed by atoms with van der Waals surface area (Å²) in [4.78, 5) is 19.9. The fourth-order valence-electron chi connectivity index (χ4n) is 6.09. The number of nitrogens with zero attached hydrogens (tertiary/aromatic N) is 2. The van der Waals surface area contributed by atoms with E-state index in [1.165, 1.54) is 28.7 Å². The van der Waals surface area contributed by atoms with E-state index in [0.29, 0.717) is 29.8 Å². The first-order valence-corrected chi connectivity index (χ1v) is 12.2. The van der Waals surface area contributed by atoms with Gasteiger partial charge in [-0.15, -0.1) is 0 Å². The van der Waals surface area contributed by atoms with Gasteiger partial charge in [-0.2, -0.15) is 0 Å². The van der Waals surface area contributed by atoms with Crippen molar-refractivity contribution in [1.29, 1.82) is 0 Å². The minimum atomic E-state index is 0.185. The van der Waals surface area contributed by atoms with Gasteiger partial charge in [0, 0.05) is 62.6 Å². The summed E-state index contributed by atoms with van der Waals surface area (Å²) in [6.45, 7) is 3.36. The summed E-state index contributed by atoms with van der Waals surface area (Å²) in [5, 5.41) is 3.80. The minimum absolute atomic E-state index is 0.185. The second-order valence-corrected chi connectivity index (χ2v) is 10.1. The summed E-state index contributed by atoms with van der Waals surface area (Å²) >= 11 is 0. The quantitative estimate of drug-likeness (QED) is 0.812. The van der Waals surface area contributed by atoms with Gasteiger partial charge in [0.1, 0.15) is 0 Å². The van der Waals surface area contributed by atoms with E-state index in [9.17, 15) is 4.79 Å². The van der Waals surface area contributed by atoms with Crippen LogP contribution in [0, 0.1) is 17.8 Å². The number of allylic oxidation sites excluding steroid dienone is 1. The number of carbonyl (C=O) groups is 1. The van der Waals surface area contributed by atoms with E-state index < -0.39 is 0 Å². The second-order valence-electron chi connectivity index (χ2n) is 10.1. The van der Waals surface area contributed by atoms with Gasteiger partial charge in [0.15, 0.2) is 0 Å². The van der Waals surface area contributed by atoms with Crippen molar-refractivity contribution in [2.75, 3.05) is 19.8 Å². The Bertz CT molecular complexity index is 917. The Morgan fingerprint density at radius 3 is 2.87 bits per heavy atom. The third-order valence-corrected chi connectivity index (χ3v) is 8.07. The van der Waals surface area contributed by atoms with Crippen molar-refractivity contribution >= 4 is 17.7 Å². The molecule has 4 atom stereocenters. The van der Waals surface area contributed by atoms with Crippen molar-refractivity contribution in [2.45, 2.75) is 63.6 Å². The summed E-state index contributed by atoms with van der Waals surface area (Å²) in [6.07, 6.45) is 11.7. The summed E-state index contributed by atoms with van der Waals surface area (Å²) < 4.78 is 5.48. The Hall–Kier alpha value is -1.98. The topological polar surface area (TPSA) is 53.9 Å². The van der Waals surface area contributed by atoms with E-state index in [0.717, 1.165) is 64.8 Å². The van der Waals surface area contributed by atoms with Crippen LogP contribution < -0.4 is 5.32 Å². The summed E-state index contributed by atoms with van der Waals surface area (Å²) in [7, 11) is 0. The molecule has 3 fully saturated rings. The van der Waals surface area contributed by atoms with Crippen molar-refractivity contribution < 1.29 is 9.53 Å². The van der Waals surface area contributed by atoms with E-state index in [4.69, 9.17) is 4.74 Å². The molecule has 5 nitrogen and oxygen atoms in total. The van der Waals surface area contributed by atoms with E-state index in [1.54, 1.807) is 0 Å². The maximum Gasteiger partial charge on any atom is 0.226 e. The third-order valence-electron chi connectivity index (χ3n) is 8.07. The molecule has 1 aromatic rings. The predicted octanol–water partition coefficient (Wildman–Crippen LogP) is 3.57. The van der Waals surface area contributed by atoms with E-state index in [-0.39, 0.29) is 5.92 Å². The molecule has 3 heterocycles. The van der Waals surface area contributed by atoms with Crippen LogP contribution in [-0.2, 0) is 22.5 Å². The van der Waals surface area contributed by atoms with E-state index in [2.05, 4.69) is 39.6 Å². The smallest absolute Gasteiger partial charge is 0.226 e. The number of ether oxygens (including phenoxy) is 1. The van der Waals surface area contributed by atoms with Crippen molar-refractivity contribution in [3.8, 4) is 0 Å². The number of amides is 1. The van der Waals surface area contributed by atoms with Gasteiger partial charge in [-0.05, 0) is 79.2 Å². The van der Waals surface area contributed by atoms with Gasteiger partial charge in [-0.1, -0.05) is 12.1 Å². The molecule has 1 amide bonds. The molecule has 1 saturated heterocycles. The lowest BCUT2D eigenvalue weighted by atomic mass is 9.92. The molecule has 5 aliphatic rings. The summed E-state index contributed by atoms with van der Waals surface area (Å²) in [5.74, 6) is 1.87. The molecule has 0 bridgehead atoms. The number of fused-ring (bicyclic) bond motifs is 2. The van der Waals surface area contributed by atoms with Crippen LogP contribution in [0.3, 0.4) is 0 Å². The second kappa shape index (κ2) is 8.18. The normalized spacial score (nSPS) is 32.4. The standard InChI is InChI=1S/C26H33N3O2/c30-26(19-3-4-23(12-19)28-22-6-9-31-10-7-22)29-8-5-17-1-2-18(11-21(17)16-29)25-15-27-14-20-13-24(20)25/h1-2,11,14-15,19-20,22-24,28H,3-10,12-13,16H2. The van der Waals surface area contributed by atoms with Crippen molar-refractivity contribution in [2.24, 2.45) is 22.7 Å². The fraction of sp³-hybridized carbons (Fsp3) is 0.615. The minimum Gasteiger partial charge on any atom is -0.381 e. The maximum absolute atomic E-state index is 13.3. The Morgan fingerprint density at radius 1 is 1.06 bits per heavy atom. The SMILES string of the molecule is O=C(C1CCC(NC2CCOCC2)C1)N1CCc2ccc(C3=CN=CC4CC34)cc2C1. The molecule has 4 unspecified atom stereocenters. The predicted molar refractivity (Wildman–Crippen MR) is 122 cm³/mol. The lowest BCUT2D eigenvalue weighted by Crippen LogP contribution is -2.42. The monoisotopic (exact) mass is 419 g/mol. The number of rotatable bonds is 4. The lowest BCUT2D eigenvalue weighted by Gasteiger charge is -2.31. The zero-order valence-electron chi connectivity index (χ0n) is 18.3. The molecular formula is C26H33N3O2. The molecule has 1 N–H and O–H groups in total. The highest BCUT2D eigenvalue weighted by atomic mass is 16.5. The van der Waals surface area contributed by atoms with Crippen molar-refractivity contribution in [3.63, 3.8) is 0 Å². The molecule has 3 aliphatic heterocycles. The zero-order valence-corrected chi connectivity index (χ0v) is 18.3. The number of carbonyl (C=O) groups excluding carboxylic acids is 1. The van der Waals surface area contributed by atoms with Crippen LogP contribution in [0.4, 0.5) is 0 Å². The summed E-state index contributed by atoms with van der Waals surface area (Å²) in [5.41, 5.74) is 5.43. The third kappa shape index (κ3) is 3.98. The lowest BCUT2D eigenvalue weighted by molar-refractivity contribution is -0.136. The Kier molecular flexibility index (Phi) is 5.19. The van der Waals surface area contributed by atoms with Gasteiger partial charge >= 0.3 is 0 Å². The highest BCUT2D eigenvalue weighted by molar-refractivity contribution is 5.82. The Morgan fingerprint density at radius 2 is 1.97 bits per heavy atom. The number of hydrogen-bond acceptors (Lipinski definition) is 4. The highest BCUT2D eigenvalue weighted by Gasteiger charge is 2.41. The Labute approximate surface area is 184 Å². The fourth-order valence-corrected chi connectivity index (χ4v) is 6.09. The van der Waals surface area contributed by atoms with Crippen LogP contribution in [0.25, 0.3) is 5.57 Å². The molecule has 0 aromatic heterocycles. The molecule has 6 rings (SSSR count). The average molecular weight is 420 g/mol. The maximum atomic E-state index is 13.3. The zero-order chi connectivity index (χ0) is 20.8. The molecule has 2 aliphatic carbocycles. The van der Waals surface area contributed by atoms with Crippen LogP contribution in [0.15, 0.2) is 29.4 Å².